The zero-order valence-electron chi connectivity index (χ0n) is 14.9. The molecule has 27 heavy (non-hydrogen) atoms. The van der Waals surface area contributed by atoms with E-state index in [4.69, 9.17) is 26.8 Å². The van der Waals surface area contributed by atoms with Gasteiger partial charge in [-0.2, -0.15) is 0 Å². The van der Waals surface area contributed by atoms with E-state index in [-0.39, 0.29) is 5.96 Å². The Hall–Kier alpha value is -2.77. The third-order valence-electron chi connectivity index (χ3n) is 3.72. The number of nitrogens with two attached hydrogens (primary N) is 1. The Morgan fingerprint density at radius 3 is 2.63 bits per heavy atom. The molecule has 0 aliphatic carbocycles. The number of methoxy groups -OCH3 is 2. The monoisotopic (exact) mass is 402 g/mol. The first-order valence-electron chi connectivity index (χ1n) is 8.08. The lowest BCUT2D eigenvalue weighted by atomic mass is 10.2. The predicted molar refractivity (Wildman–Crippen MR) is 111 cm³/mol. The first kappa shape index (κ1) is 19.0. The maximum absolute atomic E-state index is 6.10. The number of hydrogen-bond acceptors (Lipinski definition) is 5. The summed E-state index contributed by atoms with van der Waals surface area (Å²) in [6.45, 7) is 0.384. The zero-order chi connectivity index (χ0) is 19.2. The molecular formula is C19H19ClN4O2S. The molecule has 3 aromatic rings. The summed E-state index contributed by atoms with van der Waals surface area (Å²) in [5.74, 6) is 1.71. The van der Waals surface area contributed by atoms with Gasteiger partial charge in [0.05, 0.1) is 31.5 Å². The number of aliphatic imine (C=N–C) groups is 1. The van der Waals surface area contributed by atoms with Gasteiger partial charge >= 0.3 is 0 Å². The van der Waals surface area contributed by atoms with Crippen molar-refractivity contribution in [2.45, 2.75) is 6.54 Å². The molecule has 140 valence electrons. The Labute approximate surface area is 166 Å². The highest BCUT2D eigenvalue weighted by atomic mass is 35.5. The lowest BCUT2D eigenvalue weighted by Gasteiger charge is -2.08. The summed E-state index contributed by atoms with van der Waals surface area (Å²) >= 11 is 7.67. The minimum absolute atomic E-state index is 0.287. The summed E-state index contributed by atoms with van der Waals surface area (Å²) in [6.07, 6.45) is 0. The van der Waals surface area contributed by atoms with Crippen molar-refractivity contribution in [3.05, 3.63) is 58.6 Å². The van der Waals surface area contributed by atoms with Gasteiger partial charge in [0.2, 0.25) is 0 Å². The predicted octanol–water partition coefficient (Wildman–Crippen LogP) is 4.41. The van der Waals surface area contributed by atoms with Crippen LogP contribution in [-0.4, -0.2) is 25.2 Å². The van der Waals surface area contributed by atoms with E-state index in [1.54, 1.807) is 37.7 Å². The smallest absolute Gasteiger partial charge is 0.193 e. The van der Waals surface area contributed by atoms with E-state index in [2.05, 4.69) is 15.3 Å². The van der Waals surface area contributed by atoms with Gasteiger partial charge in [-0.3, -0.25) is 0 Å². The quantitative estimate of drug-likeness (QED) is 0.471. The van der Waals surface area contributed by atoms with Crippen LogP contribution in [0, 0.1) is 0 Å². The van der Waals surface area contributed by atoms with Gasteiger partial charge in [0.1, 0.15) is 16.5 Å². The van der Waals surface area contributed by atoms with Crippen LogP contribution in [0.3, 0.4) is 0 Å². The number of benzene rings is 2. The van der Waals surface area contributed by atoms with Gasteiger partial charge in [0, 0.05) is 16.6 Å². The molecule has 1 aromatic heterocycles. The van der Waals surface area contributed by atoms with Crippen molar-refractivity contribution in [1.29, 1.82) is 0 Å². The minimum atomic E-state index is 0.287. The molecule has 0 spiro atoms. The van der Waals surface area contributed by atoms with Crippen molar-refractivity contribution >= 4 is 34.6 Å². The molecule has 8 heteroatoms. The molecule has 1 heterocycles. The van der Waals surface area contributed by atoms with Crippen molar-refractivity contribution in [2.24, 2.45) is 10.7 Å². The van der Waals surface area contributed by atoms with Crippen LogP contribution in [0.15, 0.2) is 52.8 Å². The van der Waals surface area contributed by atoms with Crippen molar-refractivity contribution in [2.75, 3.05) is 19.5 Å². The molecule has 3 N–H and O–H groups in total. The first-order chi connectivity index (χ1) is 13.1. The van der Waals surface area contributed by atoms with E-state index < -0.39 is 0 Å². The second kappa shape index (κ2) is 8.75. The van der Waals surface area contributed by atoms with Gasteiger partial charge in [-0.15, -0.1) is 11.3 Å². The highest BCUT2D eigenvalue weighted by molar-refractivity contribution is 7.13. The lowest BCUT2D eigenvalue weighted by Crippen LogP contribution is -2.22. The highest BCUT2D eigenvalue weighted by Gasteiger charge is 2.06. The number of halogens is 1. The third-order valence-corrected chi connectivity index (χ3v) is 4.96. The molecule has 0 saturated heterocycles. The van der Waals surface area contributed by atoms with E-state index in [0.717, 1.165) is 27.7 Å². The molecule has 6 nitrogen and oxygen atoms in total. The standard InChI is InChI=1S/C19H19ClN4O2S/c1-25-15-6-3-12(4-7-15)18-23-14(11-27-18)10-22-19(21)24-13-5-8-17(26-2)16(20)9-13/h3-9,11H,10H2,1-2H3,(H3,21,22,24). The van der Waals surface area contributed by atoms with E-state index in [1.165, 1.54) is 0 Å². The molecule has 0 aliphatic heterocycles. The Kier molecular flexibility index (Phi) is 6.16. The number of nitrogens with zero attached hydrogens (tertiary/aromatic N) is 2. The van der Waals surface area contributed by atoms with E-state index >= 15 is 0 Å². The van der Waals surface area contributed by atoms with Crippen LogP contribution in [0.2, 0.25) is 5.02 Å². The minimum Gasteiger partial charge on any atom is -0.497 e. The Bertz CT molecular complexity index is 941. The number of aromatic nitrogens is 1. The number of hydrogen-bond donors (Lipinski definition) is 2. The Morgan fingerprint density at radius 1 is 1.19 bits per heavy atom. The molecule has 0 bridgehead atoms. The summed E-state index contributed by atoms with van der Waals surface area (Å²) in [4.78, 5) is 8.93. The van der Waals surface area contributed by atoms with Gasteiger partial charge in [-0.05, 0) is 42.5 Å². The topological polar surface area (TPSA) is 81.8 Å². The SMILES string of the molecule is COc1ccc(-c2nc(CN=C(N)Nc3ccc(OC)c(Cl)c3)cs2)cc1. The molecule has 0 aliphatic rings. The van der Waals surface area contributed by atoms with Crippen molar-refractivity contribution < 1.29 is 9.47 Å². The number of ether oxygens (including phenoxy) is 2. The molecule has 0 radical (unpaired) electrons. The van der Waals surface area contributed by atoms with Crippen molar-refractivity contribution in [1.82, 2.24) is 4.98 Å². The van der Waals surface area contributed by atoms with Crippen LogP contribution in [0.25, 0.3) is 10.6 Å². The average Bonchev–Trinajstić information content (AvgIpc) is 3.16. The number of rotatable bonds is 6. The molecule has 3 rings (SSSR count). The number of guanidine groups is 1. The van der Waals surface area contributed by atoms with Crippen LogP contribution >= 0.6 is 22.9 Å². The first-order valence-corrected chi connectivity index (χ1v) is 9.34. The fraction of sp³-hybridized carbons (Fsp3) is 0.158. The summed E-state index contributed by atoms with van der Waals surface area (Å²) in [7, 11) is 3.21. The van der Waals surface area contributed by atoms with Gasteiger partial charge in [0.25, 0.3) is 0 Å². The molecule has 0 unspecified atom stereocenters. The fourth-order valence-corrected chi connectivity index (χ4v) is 3.42. The Morgan fingerprint density at radius 2 is 1.96 bits per heavy atom. The Balaban J connectivity index is 1.63. The van der Waals surface area contributed by atoms with Crippen molar-refractivity contribution in [3.8, 4) is 22.1 Å². The summed E-state index contributed by atoms with van der Waals surface area (Å²) in [5, 5.41) is 6.40. The van der Waals surface area contributed by atoms with E-state index in [1.807, 2.05) is 35.7 Å². The fourth-order valence-electron chi connectivity index (χ4n) is 2.34. The van der Waals surface area contributed by atoms with Crippen molar-refractivity contribution in [3.63, 3.8) is 0 Å². The maximum atomic E-state index is 6.10. The summed E-state index contributed by atoms with van der Waals surface area (Å²) < 4.78 is 10.3. The average molecular weight is 403 g/mol. The van der Waals surface area contributed by atoms with Gasteiger partial charge in [0.15, 0.2) is 5.96 Å². The van der Waals surface area contributed by atoms with E-state index in [0.29, 0.717) is 17.3 Å². The number of thiazole rings is 1. The molecule has 2 aromatic carbocycles. The van der Waals surface area contributed by atoms with Crippen LogP contribution in [0.5, 0.6) is 11.5 Å². The molecular weight excluding hydrogens is 384 g/mol. The zero-order valence-corrected chi connectivity index (χ0v) is 16.5. The second-order valence-electron chi connectivity index (χ2n) is 5.55. The van der Waals surface area contributed by atoms with Crippen LogP contribution in [0.4, 0.5) is 5.69 Å². The van der Waals surface area contributed by atoms with Crippen LogP contribution in [-0.2, 0) is 6.54 Å². The highest BCUT2D eigenvalue weighted by Crippen LogP contribution is 2.27. The van der Waals surface area contributed by atoms with E-state index in [9.17, 15) is 0 Å². The van der Waals surface area contributed by atoms with Gasteiger partial charge in [-0.1, -0.05) is 11.6 Å². The summed E-state index contributed by atoms with van der Waals surface area (Å²) in [5.41, 5.74) is 8.57. The molecule has 0 atom stereocenters. The number of anilines is 1. The largest absolute Gasteiger partial charge is 0.497 e. The maximum Gasteiger partial charge on any atom is 0.193 e. The third kappa shape index (κ3) is 4.90. The van der Waals surface area contributed by atoms with Gasteiger partial charge < -0.3 is 20.5 Å². The molecule has 0 fully saturated rings. The second-order valence-corrected chi connectivity index (χ2v) is 6.81. The van der Waals surface area contributed by atoms with Gasteiger partial charge in [-0.25, -0.2) is 9.98 Å². The lowest BCUT2D eigenvalue weighted by molar-refractivity contribution is 0.415. The number of nitrogens with one attached hydrogen (secondary N) is 1. The summed E-state index contributed by atoms with van der Waals surface area (Å²) in [6, 6.07) is 13.1. The normalized spacial score (nSPS) is 11.3. The van der Waals surface area contributed by atoms with Crippen LogP contribution < -0.4 is 20.5 Å². The molecule has 0 saturated carbocycles. The molecule has 0 amide bonds. The van der Waals surface area contributed by atoms with Crippen LogP contribution in [0.1, 0.15) is 5.69 Å².